The minimum Gasteiger partial charge on any atom is -0.294 e. The van der Waals surface area contributed by atoms with Crippen molar-refractivity contribution in [3.8, 4) is 0 Å². The first-order valence-corrected chi connectivity index (χ1v) is 5.39. The molecule has 0 aliphatic carbocycles. The molecule has 0 atom stereocenters. The fourth-order valence-electron chi connectivity index (χ4n) is 2.07. The van der Waals surface area contributed by atoms with Crippen LogP contribution in [0.2, 0.25) is 0 Å². The highest BCUT2D eigenvalue weighted by Crippen LogP contribution is 2.24. The molecular formula is C14H23N. The summed E-state index contributed by atoms with van der Waals surface area (Å²) < 4.78 is 0. The van der Waals surface area contributed by atoms with Gasteiger partial charge in [0.1, 0.15) is 0 Å². The second-order valence-electron chi connectivity index (χ2n) is 5.11. The minimum atomic E-state index is 0. The standard InChI is InChI=1S/C13H19N.CH4/c1-13(2,3)14-9-8-11-6-4-5-7-12(11)10-14;/h4-7H,8-10H2,1-3H3;1H4. The summed E-state index contributed by atoms with van der Waals surface area (Å²) in [6.07, 6.45) is 1.20. The monoisotopic (exact) mass is 205 g/mol. The molecule has 1 heterocycles. The molecule has 0 amide bonds. The molecule has 1 aliphatic rings. The van der Waals surface area contributed by atoms with Crippen molar-refractivity contribution in [1.82, 2.24) is 4.90 Å². The van der Waals surface area contributed by atoms with Gasteiger partial charge in [-0.15, -0.1) is 0 Å². The Morgan fingerprint density at radius 3 is 2.27 bits per heavy atom. The Bertz CT molecular complexity index is 322. The van der Waals surface area contributed by atoms with E-state index in [2.05, 4.69) is 49.9 Å². The molecule has 0 radical (unpaired) electrons. The van der Waals surface area contributed by atoms with Gasteiger partial charge in [0, 0.05) is 18.6 Å². The lowest BCUT2D eigenvalue weighted by atomic mass is 9.95. The van der Waals surface area contributed by atoms with E-state index >= 15 is 0 Å². The molecule has 0 saturated carbocycles. The van der Waals surface area contributed by atoms with E-state index in [1.165, 1.54) is 24.1 Å². The first-order chi connectivity index (χ1) is 6.57. The summed E-state index contributed by atoms with van der Waals surface area (Å²) in [6.45, 7) is 9.18. The zero-order valence-corrected chi connectivity index (χ0v) is 9.38. The number of nitrogens with zero attached hydrogens (tertiary/aromatic N) is 1. The molecule has 0 spiro atoms. The minimum absolute atomic E-state index is 0. The highest BCUT2D eigenvalue weighted by Gasteiger charge is 2.24. The van der Waals surface area contributed by atoms with Gasteiger partial charge in [0.05, 0.1) is 0 Å². The van der Waals surface area contributed by atoms with E-state index in [-0.39, 0.29) is 7.43 Å². The molecule has 1 aliphatic heterocycles. The molecule has 0 aromatic heterocycles. The molecule has 2 rings (SSSR count). The SMILES string of the molecule is C.CC(C)(C)N1CCc2ccccc2C1. The fraction of sp³-hybridized carbons (Fsp3) is 0.571. The first kappa shape index (κ1) is 12.3. The molecule has 0 unspecified atom stereocenters. The van der Waals surface area contributed by atoms with Crippen molar-refractivity contribution in [2.24, 2.45) is 0 Å². The molecular weight excluding hydrogens is 182 g/mol. The van der Waals surface area contributed by atoms with Crippen LogP contribution in [0.25, 0.3) is 0 Å². The highest BCUT2D eigenvalue weighted by molar-refractivity contribution is 5.29. The second-order valence-corrected chi connectivity index (χ2v) is 5.11. The molecule has 1 nitrogen and oxygen atoms in total. The van der Waals surface area contributed by atoms with E-state index in [9.17, 15) is 0 Å². The topological polar surface area (TPSA) is 3.24 Å². The van der Waals surface area contributed by atoms with Crippen LogP contribution in [0.1, 0.15) is 39.3 Å². The molecule has 0 fully saturated rings. The first-order valence-electron chi connectivity index (χ1n) is 5.39. The van der Waals surface area contributed by atoms with Gasteiger partial charge >= 0.3 is 0 Å². The van der Waals surface area contributed by atoms with Gasteiger partial charge in [0.25, 0.3) is 0 Å². The van der Waals surface area contributed by atoms with Crippen molar-refractivity contribution >= 4 is 0 Å². The van der Waals surface area contributed by atoms with Crippen molar-refractivity contribution in [3.63, 3.8) is 0 Å². The Morgan fingerprint density at radius 2 is 1.67 bits per heavy atom. The van der Waals surface area contributed by atoms with E-state index < -0.39 is 0 Å². The Hall–Kier alpha value is -0.820. The molecule has 0 saturated heterocycles. The number of hydrogen-bond donors (Lipinski definition) is 0. The predicted molar refractivity (Wildman–Crippen MR) is 67.0 cm³/mol. The highest BCUT2D eigenvalue weighted by atomic mass is 15.2. The fourth-order valence-corrected chi connectivity index (χ4v) is 2.07. The molecule has 84 valence electrons. The molecule has 1 aromatic rings. The van der Waals surface area contributed by atoms with Crippen LogP contribution in [-0.4, -0.2) is 17.0 Å². The zero-order valence-electron chi connectivity index (χ0n) is 9.38. The van der Waals surface area contributed by atoms with Gasteiger partial charge in [-0.1, -0.05) is 31.7 Å². The molecule has 15 heavy (non-hydrogen) atoms. The van der Waals surface area contributed by atoms with E-state index in [0.717, 1.165) is 6.54 Å². The van der Waals surface area contributed by atoms with E-state index in [4.69, 9.17) is 0 Å². The normalized spacial score (nSPS) is 16.7. The van der Waals surface area contributed by atoms with Crippen molar-refractivity contribution in [3.05, 3.63) is 35.4 Å². The Morgan fingerprint density at radius 1 is 1.07 bits per heavy atom. The van der Waals surface area contributed by atoms with Crippen molar-refractivity contribution < 1.29 is 0 Å². The van der Waals surface area contributed by atoms with Gasteiger partial charge in [0.15, 0.2) is 0 Å². The van der Waals surface area contributed by atoms with Gasteiger partial charge in [-0.25, -0.2) is 0 Å². The number of benzene rings is 1. The average Bonchev–Trinajstić information content (AvgIpc) is 2.16. The van der Waals surface area contributed by atoms with E-state index in [0.29, 0.717) is 5.54 Å². The summed E-state index contributed by atoms with van der Waals surface area (Å²) in [6, 6.07) is 8.80. The third kappa shape index (κ3) is 2.60. The van der Waals surface area contributed by atoms with Crippen molar-refractivity contribution in [1.29, 1.82) is 0 Å². The van der Waals surface area contributed by atoms with E-state index in [1.54, 1.807) is 0 Å². The van der Waals surface area contributed by atoms with Crippen LogP contribution >= 0.6 is 0 Å². The zero-order chi connectivity index (χ0) is 10.2. The third-order valence-corrected chi connectivity index (χ3v) is 3.08. The van der Waals surface area contributed by atoms with Gasteiger partial charge in [-0.05, 0) is 38.3 Å². The summed E-state index contributed by atoms with van der Waals surface area (Å²) in [5, 5.41) is 0. The van der Waals surface area contributed by atoms with Crippen LogP contribution in [0.3, 0.4) is 0 Å². The Balaban J connectivity index is 0.00000112. The third-order valence-electron chi connectivity index (χ3n) is 3.08. The predicted octanol–water partition coefficient (Wildman–Crippen LogP) is 3.48. The maximum Gasteiger partial charge on any atom is 0.0241 e. The van der Waals surface area contributed by atoms with Crippen molar-refractivity contribution in [2.75, 3.05) is 6.54 Å². The average molecular weight is 205 g/mol. The molecule has 0 N–H and O–H groups in total. The largest absolute Gasteiger partial charge is 0.294 e. The smallest absolute Gasteiger partial charge is 0.0241 e. The van der Waals surface area contributed by atoms with Crippen LogP contribution in [0.15, 0.2) is 24.3 Å². The lowest BCUT2D eigenvalue weighted by Crippen LogP contribution is -2.44. The van der Waals surface area contributed by atoms with Crippen LogP contribution < -0.4 is 0 Å². The maximum atomic E-state index is 2.55. The van der Waals surface area contributed by atoms with Crippen LogP contribution in [-0.2, 0) is 13.0 Å². The van der Waals surface area contributed by atoms with E-state index in [1.807, 2.05) is 0 Å². The van der Waals surface area contributed by atoms with Crippen LogP contribution in [0.5, 0.6) is 0 Å². The lowest BCUT2D eigenvalue weighted by Gasteiger charge is -2.39. The molecule has 0 bridgehead atoms. The summed E-state index contributed by atoms with van der Waals surface area (Å²) in [7, 11) is 0. The Labute approximate surface area is 94.1 Å². The quantitative estimate of drug-likeness (QED) is 0.627. The summed E-state index contributed by atoms with van der Waals surface area (Å²) in [5.41, 5.74) is 3.34. The number of fused-ring (bicyclic) bond motifs is 1. The van der Waals surface area contributed by atoms with Gasteiger partial charge < -0.3 is 0 Å². The van der Waals surface area contributed by atoms with Gasteiger partial charge in [-0.3, -0.25) is 4.90 Å². The Kier molecular flexibility index (Phi) is 3.56. The summed E-state index contributed by atoms with van der Waals surface area (Å²) in [4.78, 5) is 2.55. The summed E-state index contributed by atoms with van der Waals surface area (Å²) >= 11 is 0. The number of rotatable bonds is 0. The number of hydrogen-bond acceptors (Lipinski definition) is 1. The molecule has 1 aromatic carbocycles. The summed E-state index contributed by atoms with van der Waals surface area (Å²) in [5.74, 6) is 0. The maximum absolute atomic E-state index is 2.55. The van der Waals surface area contributed by atoms with Gasteiger partial charge in [-0.2, -0.15) is 0 Å². The lowest BCUT2D eigenvalue weighted by molar-refractivity contribution is 0.121. The second kappa shape index (κ2) is 4.36. The van der Waals surface area contributed by atoms with Crippen LogP contribution in [0, 0.1) is 0 Å². The van der Waals surface area contributed by atoms with Gasteiger partial charge in [0.2, 0.25) is 0 Å². The van der Waals surface area contributed by atoms with Crippen molar-refractivity contribution in [2.45, 2.75) is 46.7 Å². The van der Waals surface area contributed by atoms with Crippen LogP contribution in [0.4, 0.5) is 0 Å². The molecule has 1 heteroatoms.